The largest absolute Gasteiger partial charge is 0.493 e. The molecule has 0 unspecified atom stereocenters. The van der Waals surface area contributed by atoms with Crippen molar-refractivity contribution in [1.29, 1.82) is 10.5 Å². The molecular formula is C13H10N2O2. The van der Waals surface area contributed by atoms with Crippen molar-refractivity contribution in [3.05, 3.63) is 42.2 Å². The number of nitrogens with zero attached hydrogens (tertiary/aromatic N) is 2. The van der Waals surface area contributed by atoms with Gasteiger partial charge in [0.15, 0.2) is 11.5 Å². The Kier molecular flexibility index (Phi) is 4.35. The molecule has 0 radical (unpaired) electrons. The van der Waals surface area contributed by atoms with E-state index in [1.165, 1.54) is 19.4 Å². The summed E-state index contributed by atoms with van der Waals surface area (Å²) in [5.74, 6) is 1.03. The number of methoxy groups -OCH3 is 1. The summed E-state index contributed by atoms with van der Waals surface area (Å²) in [6.45, 7) is 3.45. The summed E-state index contributed by atoms with van der Waals surface area (Å²) in [6, 6.07) is 8.65. The lowest BCUT2D eigenvalue weighted by Gasteiger charge is -2.07. The van der Waals surface area contributed by atoms with E-state index < -0.39 is 0 Å². The van der Waals surface area contributed by atoms with Crippen LogP contribution < -0.4 is 9.47 Å². The van der Waals surface area contributed by atoms with Crippen LogP contribution in [0.4, 0.5) is 0 Å². The monoisotopic (exact) mass is 226 g/mol. The van der Waals surface area contributed by atoms with Crippen molar-refractivity contribution in [1.82, 2.24) is 0 Å². The lowest BCUT2D eigenvalue weighted by atomic mass is 10.1. The van der Waals surface area contributed by atoms with Crippen molar-refractivity contribution < 1.29 is 9.47 Å². The summed E-state index contributed by atoms with van der Waals surface area (Å²) in [4.78, 5) is 0. The molecule has 84 valence electrons. The predicted molar refractivity (Wildman–Crippen MR) is 63.0 cm³/mol. The van der Waals surface area contributed by atoms with E-state index in [4.69, 9.17) is 20.0 Å². The minimum Gasteiger partial charge on any atom is -0.493 e. The molecular weight excluding hydrogens is 216 g/mol. The van der Waals surface area contributed by atoms with Crippen LogP contribution in [0.5, 0.6) is 11.5 Å². The maximum atomic E-state index is 8.64. The number of ether oxygens (including phenoxy) is 2. The molecule has 0 saturated carbocycles. The van der Waals surface area contributed by atoms with Gasteiger partial charge in [-0.2, -0.15) is 10.5 Å². The third-order valence-electron chi connectivity index (χ3n) is 1.95. The van der Waals surface area contributed by atoms with Gasteiger partial charge < -0.3 is 9.47 Å². The van der Waals surface area contributed by atoms with E-state index in [-0.39, 0.29) is 5.57 Å². The SMILES string of the molecule is C=COc1ccc(C=C(C#N)C#N)cc1OC. The Hall–Kier alpha value is -2.72. The molecule has 0 aliphatic carbocycles. The molecule has 1 rings (SSSR count). The quantitative estimate of drug-likeness (QED) is 0.584. The number of allylic oxidation sites excluding steroid dienone is 1. The number of nitriles is 2. The van der Waals surface area contributed by atoms with Crippen molar-refractivity contribution in [2.75, 3.05) is 7.11 Å². The molecule has 0 aliphatic heterocycles. The Bertz CT molecular complexity index is 517. The van der Waals surface area contributed by atoms with Gasteiger partial charge in [0.05, 0.1) is 13.4 Å². The summed E-state index contributed by atoms with van der Waals surface area (Å²) < 4.78 is 10.2. The first-order valence-corrected chi connectivity index (χ1v) is 4.72. The van der Waals surface area contributed by atoms with Gasteiger partial charge in [0, 0.05) is 0 Å². The fourth-order valence-corrected chi connectivity index (χ4v) is 1.22. The summed E-state index contributed by atoms with van der Waals surface area (Å²) >= 11 is 0. The predicted octanol–water partition coefficient (Wildman–Crippen LogP) is 2.65. The highest BCUT2D eigenvalue weighted by molar-refractivity contribution is 5.64. The second-order valence-electron chi connectivity index (χ2n) is 2.98. The van der Waals surface area contributed by atoms with Gasteiger partial charge in [-0.3, -0.25) is 0 Å². The minimum atomic E-state index is 0.0319. The smallest absolute Gasteiger partial charge is 0.168 e. The molecule has 4 nitrogen and oxygen atoms in total. The highest BCUT2D eigenvalue weighted by Crippen LogP contribution is 2.28. The summed E-state index contributed by atoms with van der Waals surface area (Å²) in [5, 5.41) is 17.3. The van der Waals surface area contributed by atoms with Crippen LogP contribution in [0.3, 0.4) is 0 Å². The zero-order valence-electron chi connectivity index (χ0n) is 9.30. The van der Waals surface area contributed by atoms with E-state index in [0.717, 1.165) is 0 Å². The Balaban J connectivity index is 3.15. The summed E-state index contributed by atoms with van der Waals surface area (Å²) in [6.07, 6.45) is 2.77. The van der Waals surface area contributed by atoms with E-state index in [1.54, 1.807) is 30.3 Å². The molecule has 0 aromatic heterocycles. The van der Waals surface area contributed by atoms with E-state index in [2.05, 4.69) is 6.58 Å². The molecule has 1 aromatic rings. The van der Waals surface area contributed by atoms with Crippen LogP contribution in [0.15, 0.2) is 36.6 Å². The summed E-state index contributed by atoms with van der Waals surface area (Å²) in [5.41, 5.74) is 0.723. The van der Waals surface area contributed by atoms with Gasteiger partial charge >= 0.3 is 0 Å². The average Bonchev–Trinajstić information content (AvgIpc) is 2.37. The Morgan fingerprint density at radius 3 is 2.53 bits per heavy atom. The molecule has 17 heavy (non-hydrogen) atoms. The fourth-order valence-electron chi connectivity index (χ4n) is 1.22. The van der Waals surface area contributed by atoms with Crippen LogP contribution in [0.2, 0.25) is 0 Å². The first-order valence-electron chi connectivity index (χ1n) is 4.72. The minimum absolute atomic E-state index is 0.0319. The van der Waals surface area contributed by atoms with Gasteiger partial charge in [-0.1, -0.05) is 12.6 Å². The molecule has 0 heterocycles. The number of rotatable bonds is 4. The Morgan fingerprint density at radius 1 is 1.29 bits per heavy atom. The molecule has 0 spiro atoms. The third-order valence-corrected chi connectivity index (χ3v) is 1.95. The van der Waals surface area contributed by atoms with Gasteiger partial charge in [0.1, 0.15) is 17.7 Å². The van der Waals surface area contributed by atoms with E-state index >= 15 is 0 Å². The molecule has 0 aliphatic rings. The lowest BCUT2D eigenvalue weighted by Crippen LogP contribution is -1.90. The molecule has 0 saturated heterocycles. The molecule has 1 aromatic carbocycles. The van der Waals surface area contributed by atoms with Crippen molar-refractivity contribution in [2.45, 2.75) is 0 Å². The van der Waals surface area contributed by atoms with Crippen LogP contribution in [0, 0.1) is 22.7 Å². The molecule has 0 amide bonds. The van der Waals surface area contributed by atoms with Crippen molar-refractivity contribution in [2.24, 2.45) is 0 Å². The summed E-state index contributed by atoms with van der Waals surface area (Å²) in [7, 11) is 1.51. The van der Waals surface area contributed by atoms with Gasteiger partial charge in [0.2, 0.25) is 0 Å². The van der Waals surface area contributed by atoms with Crippen LogP contribution in [-0.4, -0.2) is 7.11 Å². The van der Waals surface area contributed by atoms with Crippen LogP contribution in [0.1, 0.15) is 5.56 Å². The van der Waals surface area contributed by atoms with Crippen LogP contribution in [-0.2, 0) is 0 Å². The average molecular weight is 226 g/mol. The number of hydrogen-bond donors (Lipinski definition) is 0. The van der Waals surface area contributed by atoms with Crippen molar-refractivity contribution in [3.63, 3.8) is 0 Å². The van der Waals surface area contributed by atoms with Crippen LogP contribution in [0.25, 0.3) is 6.08 Å². The fraction of sp³-hybridized carbons (Fsp3) is 0.0769. The lowest BCUT2D eigenvalue weighted by molar-refractivity contribution is 0.378. The zero-order chi connectivity index (χ0) is 12.7. The van der Waals surface area contributed by atoms with Crippen molar-refractivity contribution >= 4 is 6.08 Å². The number of hydrogen-bond acceptors (Lipinski definition) is 4. The van der Waals surface area contributed by atoms with Gasteiger partial charge in [-0.05, 0) is 23.8 Å². The first kappa shape index (κ1) is 12.4. The molecule has 0 bridgehead atoms. The van der Waals surface area contributed by atoms with Gasteiger partial charge in [-0.15, -0.1) is 0 Å². The Morgan fingerprint density at radius 2 is 2.00 bits per heavy atom. The second kappa shape index (κ2) is 5.99. The van der Waals surface area contributed by atoms with Crippen LogP contribution >= 0.6 is 0 Å². The van der Waals surface area contributed by atoms with E-state index in [9.17, 15) is 0 Å². The standard InChI is InChI=1S/C13H10N2O2/c1-3-17-12-5-4-10(7-13(12)16-2)6-11(8-14)9-15/h3-7H,1H2,2H3. The Labute approximate surface area is 99.6 Å². The van der Waals surface area contributed by atoms with Gasteiger partial charge in [0.25, 0.3) is 0 Å². The topological polar surface area (TPSA) is 66.0 Å². The first-order chi connectivity index (χ1) is 8.24. The maximum absolute atomic E-state index is 8.64. The van der Waals surface area contributed by atoms with E-state index in [0.29, 0.717) is 17.1 Å². The molecule has 0 atom stereocenters. The van der Waals surface area contributed by atoms with Crippen molar-refractivity contribution in [3.8, 4) is 23.6 Å². The van der Waals surface area contributed by atoms with E-state index in [1.807, 2.05) is 0 Å². The van der Waals surface area contributed by atoms with Gasteiger partial charge in [-0.25, -0.2) is 0 Å². The second-order valence-corrected chi connectivity index (χ2v) is 2.98. The zero-order valence-corrected chi connectivity index (χ0v) is 9.30. The third kappa shape index (κ3) is 3.12. The number of benzene rings is 1. The highest BCUT2D eigenvalue weighted by Gasteiger charge is 2.04. The molecule has 0 fully saturated rings. The normalized spacial score (nSPS) is 8.41. The molecule has 0 N–H and O–H groups in total. The molecule has 4 heteroatoms. The highest BCUT2D eigenvalue weighted by atomic mass is 16.5. The maximum Gasteiger partial charge on any atom is 0.168 e.